The van der Waals surface area contributed by atoms with E-state index in [1.165, 1.54) is 12.8 Å². The standard InChI is InChI=1S/C17H24N2OS/c1-21-9-6-16(19-7-2-3-8-19)17(20)18-12-15-11-13-4-5-14(15)10-13/h2-5,7-8,13-16H,6,9-12H2,1H3,(H,18,20)/t13-,14-,15+,16+/m0/s1. The third-order valence-electron chi connectivity index (χ3n) is 4.84. The van der Waals surface area contributed by atoms with E-state index < -0.39 is 0 Å². The van der Waals surface area contributed by atoms with Crippen molar-refractivity contribution in [3.8, 4) is 0 Å². The molecule has 0 spiro atoms. The van der Waals surface area contributed by atoms with Crippen molar-refractivity contribution in [3.05, 3.63) is 36.7 Å². The second kappa shape index (κ2) is 6.73. The van der Waals surface area contributed by atoms with E-state index in [1.54, 1.807) is 11.8 Å². The number of allylic oxidation sites excluding steroid dienone is 2. The van der Waals surface area contributed by atoms with Gasteiger partial charge in [0.15, 0.2) is 0 Å². The topological polar surface area (TPSA) is 34.0 Å². The Morgan fingerprint density at radius 1 is 1.33 bits per heavy atom. The molecular weight excluding hydrogens is 280 g/mol. The van der Waals surface area contributed by atoms with Crippen molar-refractivity contribution in [2.24, 2.45) is 17.8 Å². The number of hydrogen-bond acceptors (Lipinski definition) is 2. The summed E-state index contributed by atoms with van der Waals surface area (Å²) < 4.78 is 2.03. The van der Waals surface area contributed by atoms with Crippen LogP contribution in [0.25, 0.3) is 0 Å². The summed E-state index contributed by atoms with van der Waals surface area (Å²) >= 11 is 1.80. The number of thioether (sulfide) groups is 1. The highest BCUT2D eigenvalue weighted by Crippen LogP contribution is 2.42. The number of aromatic nitrogens is 1. The van der Waals surface area contributed by atoms with Crippen molar-refractivity contribution in [2.45, 2.75) is 25.3 Å². The molecule has 0 aromatic carbocycles. The molecule has 0 radical (unpaired) electrons. The van der Waals surface area contributed by atoms with E-state index in [4.69, 9.17) is 0 Å². The summed E-state index contributed by atoms with van der Waals surface area (Å²) in [5.74, 6) is 3.30. The highest BCUT2D eigenvalue weighted by atomic mass is 32.2. The minimum Gasteiger partial charge on any atom is -0.354 e. The molecule has 0 aliphatic heterocycles. The molecule has 0 unspecified atom stereocenters. The van der Waals surface area contributed by atoms with Gasteiger partial charge in [0.2, 0.25) is 5.91 Å². The minimum atomic E-state index is -0.0680. The van der Waals surface area contributed by atoms with Gasteiger partial charge in [0.25, 0.3) is 0 Å². The zero-order valence-electron chi connectivity index (χ0n) is 12.6. The molecule has 1 heterocycles. The third-order valence-corrected chi connectivity index (χ3v) is 5.48. The van der Waals surface area contributed by atoms with Crippen LogP contribution in [-0.4, -0.2) is 29.0 Å². The molecule has 1 fully saturated rings. The molecule has 4 atom stereocenters. The zero-order valence-corrected chi connectivity index (χ0v) is 13.4. The number of carbonyl (C=O) groups excluding carboxylic acids is 1. The van der Waals surface area contributed by atoms with Gasteiger partial charge in [0, 0.05) is 18.9 Å². The molecule has 2 aliphatic rings. The molecule has 0 saturated heterocycles. The fraction of sp³-hybridized carbons (Fsp3) is 0.588. The van der Waals surface area contributed by atoms with Crippen molar-refractivity contribution >= 4 is 17.7 Å². The van der Waals surface area contributed by atoms with Crippen molar-refractivity contribution in [1.29, 1.82) is 0 Å². The Balaban J connectivity index is 1.55. The van der Waals surface area contributed by atoms with Gasteiger partial charge < -0.3 is 9.88 Å². The predicted octanol–water partition coefficient (Wildman–Crippen LogP) is 3.11. The van der Waals surface area contributed by atoms with Crippen LogP contribution in [0.2, 0.25) is 0 Å². The quantitative estimate of drug-likeness (QED) is 0.785. The van der Waals surface area contributed by atoms with Crippen molar-refractivity contribution in [1.82, 2.24) is 9.88 Å². The fourth-order valence-electron chi connectivity index (χ4n) is 3.68. The second-order valence-electron chi connectivity index (χ2n) is 6.21. The van der Waals surface area contributed by atoms with Crippen molar-refractivity contribution < 1.29 is 4.79 Å². The van der Waals surface area contributed by atoms with Gasteiger partial charge in [-0.3, -0.25) is 4.79 Å². The average Bonchev–Trinajstić information content (AvgIpc) is 3.22. The van der Waals surface area contributed by atoms with Gasteiger partial charge >= 0.3 is 0 Å². The van der Waals surface area contributed by atoms with Crippen LogP contribution in [0.5, 0.6) is 0 Å². The van der Waals surface area contributed by atoms with Crippen LogP contribution >= 0.6 is 11.8 Å². The maximum Gasteiger partial charge on any atom is 0.243 e. The predicted molar refractivity (Wildman–Crippen MR) is 88.3 cm³/mol. The molecule has 114 valence electrons. The number of fused-ring (bicyclic) bond motifs is 2. The third kappa shape index (κ3) is 3.37. The van der Waals surface area contributed by atoms with E-state index >= 15 is 0 Å². The van der Waals surface area contributed by atoms with Gasteiger partial charge in [-0.25, -0.2) is 0 Å². The fourth-order valence-corrected chi connectivity index (χ4v) is 4.14. The van der Waals surface area contributed by atoms with E-state index in [0.29, 0.717) is 11.8 Å². The maximum atomic E-state index is 12.6. The average molecular weight is 304 g/mol. The lowest BCUT2D eigenvalue weighted by molar-refractivity contribution is -0.124. The van der Waals surface area contributed by atoms with Gasteiger partial charge in [-0.15, -0.1) is 0 Å². The Morgan fingerprint density at radius 3 is 2.76 bits per heavy atom. The monoisotopic (exact) mass is 304 g/mol. The Labute approximate surface area is 131 Å². The van der Waals surface area contributed by atoms with Crippen LogP contribution in [0.3, 0.4) is 0 Å². The summed E-state index contributed by atoms with van der Waals surface area (Å²) in [6, 6.07) is 3.90. The van der Waals surface area contributed by atoms with Gasteiger partial charge in [-0.1, -0.05) is 12.2 Å². The second-order valence-corrected chi connectivity index (χ2v) is 7.20. The summed E-state index contributed by atoms with van der Waals surface area (Å²) in [6.45, 7) is 0.835. The van der Waals surface area contributed by atoms with Gasteiger partial charge in [0.1, 0.15) is 6.04 Å². The first-order valence-electron chi connectivity index (χ1n) is 7.85. The van der Waals surface area contributed by atoms with E-state index in [-0.39, 0.29) is 11.9 Å². The summed E-state index contributed by atoms with van der Waals surface area (Å²) in [6.07, 6.45) is 14.2. The highest BCUT2D eigenvalue weighted by molar-refractivity contribution is 7.98. The molecule has 1 aromatic heterocycles. The summed E-state index contributed by atoms with van der Waals surface area (Å²) in [5, 5.41) is 3.20. The number of nitrogens with zero attached hydrogens (tertiary/aromatic N) is 1. The van der Waals surface area contributed by atoms with Crippen LogP contribution < -0.4 is 5.32 Å². The van der Waals surface area contributed by atoms with E-state index in [2.05, 4.69) is 23.7 Å². The summed E-state index contributed by atoms with van der Waals surface area (Å²) in [7, 11) is 0. The van der Waals surface area contributed by atoms with Crippen molar-refractivity contribution in [3.63, 3.8) is 0 Å². The Bertz CT molecular complexity index is 497. The highest BCUT2D eigenvalue weighted by Gasteiger charge is 2.35. The summed E-state index contributed by atoms with van der Waals surface area (Å²) in [5.41, 5.74) is 0. The van der Waals surface area contributed by atoms with Crippen LogP contribution in [0, 0.1) is 17.8 Å². The lowest BCUT2D eigenvalue weighted by Gasteiger charge is -2.22. The maximum absolute atomic E-state index is 12.6. The van der Waals surface area contributed by atoms with Crippen molar-refractivity contribution in [2.75, 3.05) is 18.6 Å². The smallest absolute Gasteiger partial charge is 0.243 e. The largest absolute Gasteiger partial charge is 0.354 e. The minimum absolute atomic E-state index is 0.0680. The molecule has 3 nitrogen and oxygen atoms in total. The number of rotatable bonds is 7. The molecule has 2 bridgehead atoms. The van der Waals surface area contributed by atoms with E-state index in [0.717, 1.165) is 24.6 Å². The SMILES string of the molecule is CSCC[C@H](C(=O)NC[C@H]1C[C@H]2C=C[C@H]1C2)n1cccc1. The first-order chi connectivity index (χ1) is 10.3. The number of amides is 1. The van der Waals surface area contributed by atoms with E-state index in [9.17, 15) is 4.79 Å². The molecule has 4 heteroatoms. The lowest BCUT2D eigenvalue weighted by atomic mass is 9.93. The first kappa shape index (κ1) is 14.8. The molecule has 1 aromatic rings. The molecular formula is C17H24N2OS. The Hall–Kier alpha value is -1.16. The molecule has 3 rings (SSSR count). The first-order valence-corrected chi connectivity index (χ1v) is 9.24. The van der Waals surface area contributed by atoms with Gasteiger partial charge in [-0.05, 0) is 61.2 Å². The Morgan fingerprint density at radius 2 is 2.14 bits per heavy atom. The van der Waals surface area contributed by atoms with Crippen LogP contribution in [0.4, 0.5) is 0 Å². The number of hydrogen-bond donors (Lipinski definition) is 1. The molecule has 2 aliphatic carbocycles. The zero-order chi connectivity index (χ0) is 14.7. The number of carbonyl (C=O) groups is 1. The van der Waals surface area contributed by atoms with Gasteiger partial charge in [-0.2, -0.15) is 11.8 Å². The molecule has 21 heavy (non-hydrogen) atoms. The van der Waals surface area contributed by atoms with Crippen LogP contribution in [0.1, 0.15) is 25.3 Å². The summed E-state index contributed by atoms with van der Waals surface area (Å²) in [4.78, 5) is 12.6. The van der Waals surface area contributed by atoms with Gasteiger partial charge in [0.05, 0.1) is 0 Å². The molecule has 1 amide bonds. The lowest BCUT2D eigenvalue weighted by Crippen LogP contribution is -2.36. The van der Waals surface area contributed by atoms with Crippen LogP contribution in [0.15, 0.2) is 36.7 Å². The molecule has 1 saturated carbocycles. The van der Waals surface area contributed by atoms with E-state index in [1.807, 2.05) is 29.1 Å². The van der Waals surface area contributed by atoms with Crippen LogP contribution in [-0.2, 0) is 4.79 Å². The normalized spacial score (nSPS) is 28.0. The molecule has 1 N–H and O–H groups in total. The Kier molecular flexibility index (Phi) is 4.73. The number of nitrogens with one attached hydrogen (secondary N) is 1.